The molecule has 3 nitrogen and oxygen atoms in total. The lowest BCUT2D eigenvalue weighted by molar-refractivity contribution is -0.115. The molecule has 2 N–H and O–H groups in total. The van der Waals surface area contributed by atoms with Gasteiger partial charge in [0.25, 0.3) is 0 Å². The third kappa shape index (κ3) is 3.60. The summed E-state index contributed by atoms with van der Waals surface area (Å²) in [4.78, 5) is 11.8. The molecule has 1 amide bonds. The van der Waals surface area contributed by atoms with E-state index in [4.69, 9.17) is 5.11 Å². The maximum atomic E-state index is 11.8. The Morgan fingerprint density at radius 2 is 1.67 bits per heavy atom. The number of phenolic OH excluding ortho intramolecular Hbond substituents is 1. The van der Waals surface area contributed by atoms with Crippen LogP contribution in [0.25, 0.3) is 0 Å². The van der Waals surface area contributed by atoms with Gasteiger partial charge in [0.15, 0.2) is 0 Å². The van der Waals surface area contributed by atoms with Crippen LogP contribution in [0.15, 0.2) is 53.0 Å². The van der Waals surface area contributed by atoms with Crippen molar-refractivity contribution in [3.05, 3.63) is 58.6 Å². The molecule has 0 saturated heterocycles. The molecule has 2 aromatic carbocycles. The quantitative estimate of drug-likeness (QED) is 0.855. The zero-order chi connectivity index (χ0) is 13.0. The second-order valence-electron chi connectivity index (χ2n) is 3.90. The molecular weight excluding hydrogens is 294 g/mol. The Hall–Kier alpha value is -1.81. The van der Waals surface area contributed by atoms with Crippen LogP contribution >= 0.6 is 15.9 Å². The molecule has 0 fully saturated rings. The van der Waals surface area contributed by atoms with Gasteiger partial charge in [0, 0.05) is 10.2 Å². The summed E-state index contributed by atoms with van der Waals surface area (Å²) in [5, 5.41) is 11.9. The van der Waals surface area contributed by atoms with Crippen molar-refractivity contribution in [1.82, 2.24) is 0 Å². The van der Waals surface area contributed by atoms with E-state index in [1.807, 2.05) is 24.3 Å². The molecule has 0 saturated carbocycles. The van der Waals surface area contributed by atoms with Gasteiger partial charge in [0.1, 0.15) is 5.75 Å². The minimum atomic E-state index is -0.0805. The number of rotatable bonds is 3. The third-order valence-electron chi connectivity index (χ3n) is 2.43. The lowest BCUT2D eigenvalue weighted by atomic mass is 10.1. The Labute approximate surface area is 114 Å². The highest BCUT2D eigenvalue weighted by Crippen LogP contribution is 2.15. The first kappa shape index (κ1) is 12.6. The lowest BCUT2D eigenvalue weighted by Crippen LogP contribution is -2.14. The highest BCUT2D eigenvalue weighted by molar-refractivity contribution is 9.10. The maximum absolute atomic E-state index is 11.8. The predicted molar refractivity (Wildman–Crippen MR) is 74.6 cm³/mol. The molecule has 0 aliphatic carbocycles. The number of hydrogen-bond acceptors (Lipinski definition) is 2. The molecule has 4 heteroatoms. The molecular formula is C14H12BrNO2. The van der Waals surface area contributed by atoms with Crippen molar-refractivity contribution in [3.8, 4) is 5.75 Å². The van der Waals surface area contributed by atoms with E-state index < -0.39 is 0 Å². The van der Waals surface area contributed by atoms with Crippen LogP contribution in [-0.2, 0) is 11.2 Å². The molecule has 2 aromatic rings. The van der Waals surface area contributed by atoms with Crippen LogP contribution in [-0.4, -0.2) is 11.0 Å². The van der Waals surface area contributed by atoms with Crippen LogP contribution in [0.1, 0.15) is 5.56 Å². The van der Waals surface area contributed by atoms with Gasteiger partial charge in [-0.25, -0.2) is 0 Å². The molecule has 0 heterocycles. The Morgan fingerprint density at radius 3 is 2.28 bits per heavy atom. The average Bonchev–Trinajstić information content (AvgIpc) is 2.35. The number of halogens is 1. The topological polar surface area (TPSA) is 49.3 Å². The Balaban J connectivity index is 1.96. The van der Waals surface area contributed by atoms with Gasteiger partial charge in [0.05, 0.1) is 6.42 Å². The smallest absolute Gasteiger partial charge is 0.228 e. The summed E-state index contributed by atoms with van der Waals surface area (Å²) in [6.07, 6.45) is 0.328. The number of benzene rings is 2. The van der Waals surface area contributed by atoms with E-state index in [9.17, 15) is 4.79 Å². The molecule has 0 aromatic heterocycles. The molecule has 0 atom stereocenters. The molecule has 0 unspecified atom stereocenters. The van der Waals surface area contributed by atoms with Crippen molar-refractivity contribution in [2.45, 2.75) is 6.42 Å². The van der Waals surface area contributed by atoms with Crippen molar-refractivity contribution in [2.24, 2.45) is 0 Å². The molecule has 2 rings (SSSR count). The molecule has 18 heavy (non-hydrogen) atoms. The Kier molecular flexibility index (Phi) is 3.99. The van der Waals surface area contributed by atoms with Gasteiger partial charge in [-0.15, -0.1) is 0 Å². The molecule has 0 aliphatic rings. The van der Waals surface area contributed by atoms with Crippen molar-refractivity contribution >= 4 is 27.5 Å². The SMILES string of the molecule is O=C(Cc1ccc(Br)cc1)Nc1ccc(O)cc1. The fraction of sp³-hybridized carbons (Fsp3) is 0.0714. The van der Waals surface area contributed by atoms with Crippen LogP contribution in [0.4, 0.5) is 5.69 Å². The van der Waals surface area contributed by atoms with Gasteiger partial charge in [-0.2, -0.15) is 0 Å². The van der Waals surface area contributed by atoms with Crippen molar-refractivity contribution in [1.29, 1.82) is 0 Å². The maximum Gasteiger partial charge on any atom is 0.228 e. The Bertz CT molecular complexity index is 485. The van der Waals surface area contributed by atoms with Crippen molar-refractivity contribution in [2.75, 3.05) is 5.32 Å². The summed E-state index contributed by atoms with van der Waals surface area (Å²) in [5.41, 5.74) is 1.63. The van der Waals surface area contributed by atoms with E-state index in [0.29, 0.717) is 12.1 Å². The highest BCUT2D eigenvalue weighted by Gasteiger charge is 2.04. The number of amides is 1. The number of hydrogen-bond donors (Lipinski definition) is 2. The van der Waals surface area contributed by atoms with Gasteiger partial charge in [0.2, 0.25) is 5.91 Å². The summed E-state index contributed by atoms with van der Waals surface area (Å²) in [7, 11) is 0. The number of phenols is 1. The number of nitrogens with one attached hydrogen (secondary N) is 1. The fourth-order valence-electron chi connectivity index (χ4n) is 1.54. The first-order valence-electron chi connectivity index (χ1n) is 5.47. The number of anilines is 1. The van der Waals surface area contributed by atoms with E-state index >= 15 is 0 Å². The van der Waals surface area contributed by atoms with Crippen LogP contribution in [0.2, 0.25) is 0 Å². The van der Waals surface area contributed by atoms with Gasteiger partial charge >= 0.3 is 0 Å². The van der Waals surface area contributed by atoms with Crippen molar-refractivity contribution < 1.29 is 9.90 Å². The highest BCUT2D eigenvalue weighted by atomic mass is 79.9. The van der Waals surface area contributed by atoms with E-state index in [2.05, 4.69) is 21.2 Å². The minimum absolute atomic E-state index is 0.0805. The number of carbonyl (C=O) groups is 1. The van der Waals surface area contributed by atoms with Crippen molar-refractivity contribution in [3.63, 3.8) is 0 Å². The predicted octanol–water partition coefficient (Wildman–Crippen LogP) is 3.34. The number of carbonyl (C=O) groups excluding carboxylic acids is 1. The van der Waals surface area contributed by atoms with E-state index in [1.165, 1.54) is 12.1 Å². The third-order valence-corrected chi connectivity index (χ3v) is 2.96. The summed E-state index contributed by atoms with van der Waals surface area (Å²) >= 11 is 3.35. The first-order valence-corrected chi connectivity index (χ1v) is 6.26. The zero-order valence-corrected chi connectivity index (χ0v) is 11.1. The van der Waals surface area contributed by atoms with Crippen LogP contribution in [0.5, 0.6) is 5.75 Å². The normalized spacial score (nSPS) is 10.1. The molecule has 92 valence electrons. The van der Waals surface area contributed by atoms with Crippen LogP contribution < -0.4 is 5.32 Å². The number of aromatic hydroxyl groups is 1. The summed E-state index contributed by atoms with van der Waals surface area (Å²) in [6.45, 7) is 0. The summed E-state index contributed by atoms with van der Waals surface area (Å²) in [6, 6.07) is 14.0. The second kappa shape index (κ2) is 5.69. The van der Waals surface area contributed by atoms with Gasteiger partial charge in [-0.1, -0.05) is 28.1 Å². The minimum Gasteiger partial charge on any atom is -0.508 e. The van der Waals surface area contributed by atoms with Gasteiger partial charge in [-0.3, -0.25) is 4.79 Å². The van der Waals surface area contributed by atoms with Crippen LogP contribution in [0, 0.1) is 0 Å². The molecule has 0 spiro atoms. The molecule has 0 radical (unpaired) electrons. The van der Waals surface area contributed by atoms with Gasteiger partial charge in [-0.05, 0) is 42.0 Å². The van der Waals surface area contributed by atoms with E-state index in [1.54, 1.807) is 12.1 Å². The average molecular weight is 306 g/mol. The largest absolute Gasteiger partial charge is 0.508 e. The summed E-state index contributed by atoms with van der Waals surface area (Å²) in [5.74, 6) is 0.101. The molecule has 0 aliphatic heterocycles. The molecule has 0 bridgehead atoms. The Morgan fingerprint density at radius 1 is 1.06 bits per heavy atom. The fourth-order valence-corrected chi connectivity index (χ4v) is 1.80. The first-order chi connectivity index (χ1) is 8.63. The van der Waals surface area contributed by atoms with Gasteiger partial charge < -0.3 is 10.4 Å². The standard InChI is InChI=1S/C14H12BrNO2/c15-11-3-1-10(2-4-11)9-14(18)16-12-5-7-13(17)8-6-12/h1-8,17H,9H2,(H,16,18). The van der Waals surface area contributed by atoms with Crippen LogP contribution in [0.3, 0.4) is 0 Å². The van der Waals surface area contributed by atoms with E-state index in [-0.39, 0.29) is 11.7 Å². The lowest BCUT2D eigenvalue weighted by Gasteiger charge is -2.05. The van der Waals surface area contributed by atoms with E-state index in [0.717, 1.165) is 10.0 Å². The summed E-state index contributed by atoms with van der Waals surface area (Å²) < 4.78 is 0.991. The monoisotopic (exact) mass is 305 g/mol. The zero-order valence-electron chi connectivity index (χ0n) is 9.56. The second-order valence-corrected chi connectivity index (χ2v) is 4.81.